The number of rotatable bonds is 6. The highest BCUT2D eigenvalue weighted by Gasteiger charge is 2.19. The molecule has 0 unspecified atom stereocenters. The zero-order valence-corrected chi connectivity index (χ0v) is 19.0. The minimum absolute atomic E-state index is 0.124. The van der Waals surface area contributed by atoms with Gasteiger partial charge in [-0.15, -0.1) is 5.10 Å². The van der Waals surface area contributed by atoms with Crippen LogP contribution in [0.3, 0.4) is 0 Å². The molecular weight excluding hydrogens is 414 g/mol. The van der Waals surface area contributed by atoms with Crippen molar-refractivity contribution in [3.05, 3.63) is 76.0 Å². The summed E-state index contributed by atoms with van der Waals surface area (Å²) in [6.45, 7) is 3.00. The average Bonchev–Trinajstić information content (AvgIpc) is 3.13. The van der Waals surface area contributed by atoms with Crippen LogP contribution < -0.4 is 5.69 Å². The van der Waals surface area contributed by atoms with Crippen molar-refractivity contribution < 1.29 is 9.90 Å². The SMILES string of the molecule is CCC#Cc1nn(CC2CCCCC2)c(=O)n1Cc1ccc(-c2ccccc2C(=O)O)cc1. The molecule has 0 spiro atoms. The summed E-state index contributed by atoms with van der Waals surface area (Å²) in [6, 6.07) is 14.6. The van der Waals surface area contributed by atoms with Crippen LogP contribution >= 0.6 is 0 Å². The highest BCUT2D eigenvalue weighted by atomic mass is 16.4. The van der Waals surface area contributed by atoms with E-state index in [-0.39, 0.29) is 11.3 Å². The van der Waals surface area contributed by atoms with E-state index in [0.29, 0.717) is 36.8 Å². The van der Waals surface area contributed by atoms with E-state index in [1.54, 1.807) is 27.4 Å². The van der Waals surface area contributed by atoms with Gasteiger partial charge in [0, 0.05) is 13.0 Å². The van der Waals surface area contributed by atoms with E-state index in [4.69, 9.17) is 0 Å². The minimum Gasteiger partial charge on any atom is -0.478 e. The fourth-order valence-corrected chi connectivity index (χ4v) is 4.47. The third kappa shape index (κ3) is 5.25. The van der Waals surface area contributed by atoms with Crippen LogP contribution in [0.25, 0.3) is 11.1 Å². The van der Waals surface area contributed by atoms with Crippen molar-refractivity contribution in [1.82, 2.24) is 14.3 Å². The van der Waals surface area contributed by atoms with Gasteiger partial charge in [0.1, 0.15) is 0 Å². The van der Waals surface area contributed by atoms with Crippen molar-refractivity contribution in [2.75, 3.05) is 0 Å². The van der Waals surface area contributed by atoms with E-state index in [1.165, 1.54) is 19.3 Å². The summed E-state index contributed by atoms with van der Waals surface area (Å²) in [5.74, 6) is 6.14. The summed E-state index contributed by atoms with van der Waals surface area (Å²) in [5.41, 5.74) is 2.57. The molecular formula is C27H29N3O3. The molecule has 1 heterocycles. The largest absolute Gasteiger partial charge is 0.478 e. The molecule has 4 rings (SSSR count). The summed E-state index contributed by atoms with van der Waals surface area (Å²) in [7, 11) is 0. The number of aromatic carboxylic acids is 1. The Labute approximate surface area is 193 Å². The van der Waals surface area contributed by atoms with Crippen LogP contribution in [-0.2, 0) is 13.1 Å². The molecule has 1 fully saturated rings. The molecule has 1 aliphatic carbocycles. The lowest BCUT2D eigenvalue weighted by Gasteiger charge is -2.20. The molecule has 0 radical (unpaired) electrons. The van der Waals surface area contributed by atoms with Crippen molar-refractivity contribution in [3.63, 3.8) is 0 Å². The number of benzene rings is 2. The number of carboxylic acid groups (broad SMARTS) is 1. The Morgan fingerprint density at radius 3 is 2.52 bits per heavy atom. The minimum atomic E-state index is -0.953. The van der Waals surface area contributed by atoms with E-state index in [0.717, 1.165) is 24.0 Å². The van der Waals surface area contributed by atoms with E-state index in [9.17, 15) is 14.7 Å². The maximum atomic E-state index is 13.2. The normalized spacial score (nSPS) is 14.0. The van der Waals surface area contributed by atoms with E-state index in [1.807, 2.05) is 37.3 Å². The Balaban J connectivity index is 1.60. The number of carboxylic acids is 1. The molecule has 0 bridgehead atoms. The summed E-state index contributed by atoms with van der Waals surface area (Å²) in [5, 5.41) is 14.0. The molecule has 0 aliphatic heterocycles. The molecule has 170 valence electrons. The number of nitrogens with zero attached hydrogens (tertiary/aromatic N) is 3. The van der Waals surface area contributed by atoms with Crippen molar-refractivity contribution in [3.8, 4) is 23.0 Å². The lowest BCUT2D eigenvalue weighted by molar-refractivity contribution is 0.0697. The first kappa shape index (κ1) is 22.6. The molecule has 33 heavy (non-hydrogen) atoms. The summed E-state index contributed by atoms with van der Waals surface area (Å²) in [6.07, 6.45) is 6.71. The van der Waals surface area contributed by atoms with Crippen molar-refractivity contribution in [1.29, 1.82) is 0 Å². The van der Waals surface area contributed by atoms with E-state index in [2.05, 4.69) is 16.9 Å². The Morgan fingerprint density at radius 2 is 1.82 bits per heavy atom. The maximum Gasteiger partial charge on any atom is 0.347 e. The highest BCUT2D eigenvalue weighted by molar-refractivity contribution is 5.95. The second-order valence-electron chi connectivity index (χ2n) is 8.58. The first-order valence-corrected chi connectivity index (χ1v) is 11.6. The molecule has 3 aromatic rings. The third-order valence-corrected chi connectivity index (χ3v) is 6.22. The summed E-state index contributed by atoms with van der Waals surface area (Å²) < 4.78 is 3.23. The van der Waals surface area contributed by atoms with Gasteiger partial charge >= 0.3 is 11.7 Å². The van der Waals surface area contributed by atoms with Gasteiger partial charge in [-0.3, -0.25) is 4.57 Å². The van der Waals surface area contributed by atoms with Crippen LogP contribution in [0, 0.1) is 17.8 Å². The van der Waals surface area contributed by atoms with E-state index >= 15 is 0 Å². The quantitative estimate of drug-likeness (QED) is 0.555. The average molecular weight is 444 g/mol. The predicted octanol–water partition coefficient (Wildman–Crippen LogP) is 4.80. The standard InChI is InChI=1S/C27H29N3O3/c1-2-3-13-25-28-30(19-20-9-5-4-6-10-20)27(33)29(25)18-21-14-16-22(17-15-21)23-11-7-8-12-24(23)26(31)32/h7-8,11-12,14-17,20H,2,4-6,9-10,18-19H2,1H3,(H,31,32). The summed E-state index contributed by atoms with van der Waals surface area (Å²) >= 11 is 0. The van der Waals surface area contributed by atoms with Gasteiger partial charge in [-0.2, -0.15) is 0 Å². The summed E-state index contributed by atoms with van der Waals surface area (Å²) in [4.78, 5) is 24.7. The highest BCUT2D eigenvalue weighted by Crippen LogP contribution is 2.25. The second kappa shape index (κ2) is 10.4. The van der Waals surface area contributed by atoms with Crippen molar-refractivity contribution >= 4 is 5.97 Å². The van der Waals surface area contributed by atoms with Crippen LogP contribution in [0.2, 0.25) is 0 Å². The van der Waals surface area contributed by atoms with Gasteiger partial charge in [0.2, 0.25) is 5.82 Å². The number of hydrogen-bond acceptors (Lipinski definition) is 3. The van der Waals surface area contributed by atoms with Crippen molar-refractivity contribution in [2.24, 2.45) is 5.92 Å². The van der Waals surface area contributed by atoms with Crippen LogP contribution in [0.1, 0.15) is 67.2 Å². The Hall–Kier alpha value is -3.59. The Morgan fingerprint density at radius 1 is 1.09 bits per heavy atom. The van der Waals surface area contributed by atoms with Gasteiger partial charge in [0.25, 0.3) is 0 Å². The lowest BCUT2D eigenvalue weighted by atomic mass is 9.89. The van der Waals surface area contributed by atoms with Gasteiger partial charge in [-0.1, -0.05) is 74.6 Å². The molecule has 6 nitrogen and oxygen atoms in total. The molecule has 1 N–H and O–H groups in total. The lowest BCUT2D eigenvalue weighted by Crippen LogP contribution is -2.28. The topological polar surface area (TPSA) is 77.1 Å². The van der Waals surface area contributed by atoms with Crippen LogP contribution in [0.5, 0.6) is 0 Å². The molecule has 0 saturated heterocycles. The third-order valence-electron chi connectivity index (χ3n) is 6.22. The molecule has 2 aromatic carbocycles. The zero-order chi connectivity index (χ0) is 23.2. The van der Waals surface area contributed by atoms with Crippen LogP contribution in [0.15, 0.2) is 53.3 Å². The van der Waals surface area contributed by atoms with Crippen LogP contribution in [-0.4, -0.2) is 25.4 Å². The van der Waals surface area contributed by atoms with E-state index < -0.39 is 5.97 Å². The van der Waals surface area contributed by atoms with Crippen LogP contribution in [0.4, 0.5) is 0 Å². The van der Waals surface area contributed by atoms with Crippen molar-refractivity contribution in [2.45, 2.75) is 58.5 Å². The first-order chi connectivity index (χ1) is 16.1. The zero-order valence-electron chi connectivity index (χ0n) is 19.0. The van der Waals surface area contributed by atoms with Gasteiger partial charge < -0.3 is 5.11 Å². The molecule has 0 atom stereocenters. The fraction of sp³-hybridized carbons (Fsp3) is 0.370. The monoisotopic (exact) mass is 443 g/mol. The Bertz CT molecular complexity index is 1240. The fourth-order valence-electron chi connectivity index (χ4n) is 4.47. The first-order valence-electron chi connectivity index (χ1n) is 11.6. The predicted molar refractivity (Wildman–Crippen MR) is 128 cm³/mol. The van der Waals surface area contributed by atoms with Gasteiger partial charge in [0.05, 0.1) is 12.1 Å². The molecule has 0 amide bonds. The second-order valence-corrected chi connectivity index (χ2v) is 8.58. The van der Waals surface area contributed by atoms with Gasteiger partial charge in [0.15, 0.2) is 0 Å². The number of aromatic nitrogens is 3. The van der Waals surface area contributed by atoms with Gasteiger partial charge in [-0.05, 0) is 47.4 Å². The number of hydrogen-bond donors (Lipinski definition) is 1. The molecule has 6 heteroatoms. The number of carbonyl (C=O) groups is 1. The van der Waals surface area contributed by atoms with Gasteiger partial charge in [-0.25, -0.2) is 14.3 Å². The maximum absolute atomic E-state index is 13.2. The molecule has 1 saturated carbocycles. The smallest absolute Gasteiger partial charge is 0.347 e. The Kier molecular flexibility index (Phi) is 7.09. The molecule has 1 aliphatic rings. The molecule has 1 aromatic heterocycles.